The first-order chi connectivity index (χ1) is 8.06. The molecule has 1 heterocycles. The van der Waals surface area contributed by atoms with Crippen LogP contribution in [0.15, 0.2) is 24.4 Å². The Kier molecular flexibility index (Phi) is 3.72. The highest BCUT2D eigenvalue weighted by atomic mass is 127. The summed E-state index contributed by atoms with van der Waals surface area (Å²) in [5.74, 6) is -0.301. The summed E-state index contributed by atoms with van der Waals surface area (Å²) in [6, 6.07) is 4.34. The number of benzene rings is 1. The minimum Gasteiger partial charge on any atom is -0.388 e. The summed E-state index contributed by atoms with van der Waals surface area (Å²) >= 11 is 2.01. The van der Waals surface area contributed by atoms with Gasteiger partial charge in [0.2, 0.25) is 0 Å². The van der Waals surface area contributed by atoms with Gasteiger partial charge in [-0.3, -0.25) is 4.68 Å². The van der Waals surface area contributed by atoms with Crippen molar-refractivity contribution >= 4 is 22.6 Å². The molecule has 0 bridgehead atoms. The van der Waals surface area contributed by atoms with Crippen molar-refractivity contribution in [3.05, 3.63) is 45.0 Å². The third kappa shape index (κ3) is 3.01. The normalized spacial score (nSPS) is 12.7. The predicted octanol–water partition coefficient (Wildman–Crippen LogP) is 1.83. The smallest absolute Gasteiger partial charge is 0.124 e. The Balaban J connectivity index is 2.17. The van der Waals surface area contributed by atoms with E-state index in [0.29, 0.717) is 21.2 Å². The number of halogens is 2. The first-order valence-corrected chi connectivity index (χ1v) is 6.12. The lowest BCUT2D eigenvalue weighted by atomic mass is 10.1. The Labute approximate surface area is 112 Å². The van der Waals surface area contributed by atoms with Gasteiger partial charge in [-0.1, -0.05) is 11.3 Å². The number of hydrogen-bond acceptors (Lipinski definition) is 3. The Morgan fingerprint density at radius 3 is 2.88 bits per heavy atom. The van der Waals surface area contributed by atoms with E-state index in [-0.39, 0.29) is 5.82 Å². The number of aromatic nitrogens is 3. The van der Waals surface area contributed by atoms with Crippen molar-refractivity contribution in [2.24, 2.45) is 7.05 Å². The van der Waals surface area contributed by atoms with Gasteiger partial charge in [0.25, 0.3) is 0 Å². The van der Waals surface area contributed by atoms with Crippen LogP contribution in [0.4, 0.5) is 4.39 Å². The first kappa shape index (κ1) is 12.4. The quantitative estimate of drug-likeness (QED) is 0.862. The van der Waals surface area contributed by atoms with Crippen LogP contribution in [0.3, 0.4) is 0 Å². The van der Waals surface area contributed by atoms with E-state index in [4.69, 9.17) is 0 Å². The molecule has 0 radical (unpaired) electrons. The highest BCUT2D eigenvalue weighted by Gasteiger charge is 2.14. The largest absolute Gasteiger partial charge is 0.388 e. The molecule has 17 heavy (non-hydrogen) atoms. The van der Waals surface area contributed by atoms with E-state index < -0.39 is 6.10 Å². The van der Waals surface area contributed by atoms with Crippen LogP contribution in [-0.2, 0) is 13.5 Å². The van der Waals surface area contributed by atoms with Crippen molar-refractivity contribution in [2.45, 2.75) is 12.5 Å². The molecule has 0 spiro atoms. The average molecular weight is 347 g/mol. The van der Waals surface area contributed by atoms with E-state index in [1.54, 1.807) is 24.0 Å². The molecule has 4 nitrogen and oxygen atoms in total. The third-order valence-corrected chi connectivity index (χ3v) is 3.31. The molecule has 90 valence electrons. The van der Waals surface area contributed by atoms with Crippen LogP contribution >= 0.6 is 22.6 Å². The first-order valence-electron chi connectivity index (χ1n) is 5.04. The average Bonchev–Trinajstić information content (AvgIpc) is 2.63. The summed E-state index contributed by atoms with van der Waals surface area (Å²) in [5.41, 5.74) is 1.41. The zero-order valence-electron chi connectivity index (χ0n) is 9.14. The fraction of sp³-hybridized carbons (Fsp3) is 0.273. The van der Waals surface area contributed by atoms with Crippen molar-refractivity contribution < 1.29 is 9.50 Å². The minimum absolute atomic E-state index is 0.301. The molecule has 0 saturated carbocycles. The Hall–Kier alpha value is -1.02. The van der Waals surface area contributed by atoms with Crippen molar-refractivity contribution in [3.8, 4) is 0 Å². The molecule has 1 unspecified atom stereocenters. The molecule has 1 aromatic heterocycles. The van der Waals surface area contributed by atoms with Gasteiger partial charge >= 0.3 is 0 Å². The van der Waals surface area contributed by atoms with Crippen LogP contribution in [0.1, 0.15) is 17.4 Å². The topological polar surface area (TPSA) is 50.9 Å². The van der Waals surface area contributed by atoms with E-state index in [1.165, 1.54) is 12.1 Å². The van der Waals surface area contributed by atoms with E-state index >= 15 is 0 Å². The lowest BCUT2D eigenvalue weighted by Gasteiger charge is -2.11. The summed E-state index contributed by atoms with van der Waals surface area (Å²) < 4.78 is 15.2. The summed E-state index contributed by atoms with van der Waals surface area (Å²) in [6.45, 7) is 0. The number of aliphatic hydroxyl groups excluding tert-OH is 1. The fourth-order valence-electron chi connectivity index (χ4n) is 1.57. The van der Waals surface area contributed by atoms with Gasteiger partial charge in [-0.25, -0.2) is 4.39 Å². The Morgan fingerprint density at radius 2 is 2.29 bits per heavy atom. The van der Waals surface area contributed by atoms with Gasteiger partial charge in [-0.05, 0) is 40.3 Å². The third-order valence-electron chi connectivity index (χ3n) is 2.37. The summed E-state index contributed by atoms with van der Waals surface area (Å²) in [6.07, 6.45) is 1.42. The van der Waals surface area contributed by atoms with Crippen LogP contribution in [0.5, 0.6) is 0 Å². The molecular weight excluding hydrogens is 336 g/mol. The van der Waals surface area contributed by atoms with E-state index in [0.717, 1.165) is 0 Å². The maximum Gasteiger partial charge on any atom is 0.124 e. The molecule has 2 aromatic rings. The number of aryl methyl sites for hydroxylation is 1. The molecule has 6 heteroatoms. The van der Waals surface area contributed by atoms with Crippen molar-refractivity contribution in [1.29, 1.82) is 0 Å². The van der Waals surface area contributed by atoms with Crippen LogP contribution in [0.25, 0.3) is 0 Å². The van der Waals surface area contributed by atoms with E-state index in [1.807, 2.05) is 22.6 Å². The zero-order chi connectivity index (χ0) is 12.4. The number of rotatable bonds is 3. The van der Waals surface area contributed by atoms with Crippen molar-refractivity contribution in [2.75, 3.05) is 0 Å². The van der Waals surface area contributed by atoms with Crippen molar-refractivity contribution in [3.63, 3.8) is 0 Å². The SMILES string of the molecule is Cn1cc(CC(O)c2ccc(F)cc2I)nn1. The maximum absolute atomic E-state index is 12.9. The van der Waals surface area contributed by atoms with Gasteiger partial charge in [0.15, 0.2) is 0 Å². The lowest BCUT2D eigenvalue weighted by Crippen LogP contribution is -2.04. The summed E-state index contributed by atoms with van der Waals surface area (Å²) in [5, 5.41) is 17.7. The summed E-state index contributed by atoms with van der Waals surface area (Å²) in [4.78, 5) is 0. The highest BCUT2D eigenvalue weighted by Crippen LogP contribution is 2.23. The number of aliphatic hydroxyl groups is 1. The number of nitrogens with zero attached hydrogens (tertiary/aromatic N) is 3. The molecule has 0 saturated heterocycles. The molecule has 2 rings (SSSR count). The molecule has 0 aliphatic carbocycles. The molecule has 0 amide bonds. The van der Waals surface area contributed by atoms with Crippen molar-refractivity contribution in [1.82, 2.24) is 15.0 Å². The Bertz CT molecular complexity index is 529. The second-order valence-electron chi connectivity index (χ2n) is 3.77. The van der Waals surface area contributed by atoms with Gasteiger partial charge < -0.3 is 5.11 Å². The highest BCUT2D eigenvalue weighted by molar-refractivity contribution is 14.1. The van der Waals surface area contributed by atoms with Gasteiger partial charge in [-0.2, -0.15) is 0 Å². The Morgan fingerprint density at radius 1 is 1.53 bits per heavy atom. The standard InChI is InChI=1S/C11H11FIN3O/c1-16-6-8(14-15-16)5-11(17)9-3-2-7(12)4-10(9)13/h2-4,6,11,17H,5H2,1H3. The maximum atomic E-state index is 12.9. The van der Waals surface area contributed by atoms with E-state index in [2.05, 4.69) is 10.3 Å². The molecule has 1 aromatic carbocycles. The van der Waals surface area contributed by atoms with Gasteiger partial charge in [0, 0.05) is 23.2 Å². The molecule has 0 aliphatic heterocycles. The monoisotopic (exact) mass is 347 g/mol. The minimum atomic E-state index is -0.695. The van der Waals surface area contributed by atoms with Gasteiger partial charge in [0.05, 0.1) is 11.8 Å². The number of hydrogen-bond donors (Lipinski definition) is 1. The van der Waals surface area contributed by atoms with Gasteiger partial charge in [0.1, 0.15) is 5.82 Å². The summed E-state index contributed by atoms with van der Waals surface area (Å²) in [7, 11) is 1.77. The predicted molar refractivity (Wildman–Crippen MR) is 68.8 cm³/mol. The molecule has 0 fully saturated rings. The lowest BCUT2D eigenvalue weighted by molar-refractivity contribution is 0.176. The van der Waals surface area contributed by atoms with E-state index in [9.17, 15) is 9.50 Å². The molecule has 1 atom stereocenters. The van der Waals surface area contributed by atoms with Crippen LogP contribution in [-0.4, -0.2) is 20.1 Å². The zero-order valence-corrected chi connectivity index (χ0v) is 11.3. The molecule has 1 N–H and O–H groups in total. The second-order valence-corrected chi connectivity index (χ2v) is 4.93. The molecular formula is C11H11FIN3O. The van der Waals surface area contributed by atoms with Crippen LogP contribution in [0.2, 0.25) is 0 Å². The second kappa shape index (κ2) is 5.09. The van der Waals surface area contributed by atoms with Crippen LogP contribution < -0.4 is 0 Å². The fourth-order valence-corrected chi connectivity index (χ4v) is 2.41. The molecule has 0 aliphatic rings. The van der Waals surface area contributed by atoms with Gasteiger partial charge in [-0.15, -0.1) is 5.10 Å². The van der Waals surface area contributed by atoms with Crippen LogP contribution in [0, 0.1) is 9.39 Å².